The van der Waals surface area contributed by atoms with E-state index in [1.165, 1.54) is 38.3 Å². The van der Waals surface area contributed by atoms with Crippen LogP contribution in [0.3, 0.4) is 0 Å². The van der Waals surface area contributed by atoms with Crippen molar-refractivity contribution in [3.05, 3.63) is 28.2 Å². The van der Waals surface area contributed by atoms with Gasteiger partial charge in [-0.25, -0.2) is 4.68 Å². The molecule has 8 heteroatoms. The van der Waals surface area contributed by atoms with Crippen LogP contribution in [0, 0.1) is 0 Å². The van der Waals surface area contributed by atoms with Crippen LogP contribution in [0.4, 0.5) is 0 Å². The Hall–Kier alpha value is -2.22. The fraction of sp³-hybridized carbons (Fsp3) is 0.500. The maximum atomic E-state index is 12.0. The van der Waals surface area contributed by atoms with E-state index in [2.05, 4.69) is 9.84 Å². The van der Waals surface area contributed by atoms with Crippen LogP contribution in [0.5, 0.6) is 0 Å². The number of aromatic nitrogens is 2. The summed E-state index contributed by atoms with van der Waals surface area (Å²) in [6, 6.07) is 2.57. The Kier molecular flexibility index (Phi) is 5.85. The molecule has 0 aliphatic heterocycles. The first-order valence-corrected chi connectivity index (χ1v) is 5.89. The summed E-state index contributed by atoms with van der Waals surface area (Å²) in [6.45, 7) is 0.369. The van der Waals surface area contributed by atoms with Gasteiger partial charge in [0.25, 0.3) is 11.5 Å². The van der Waals surface area contributed by atoms with E-state index in [0.29, 0.717) is 6.61 Å². The minimum atomic E-state index is -0.534. The van der Waals surface area contributed by atoms with Gasteiger partial charge in [-0.3, -0.25) is 14.4 Å². The third-order valence-corrected chi connectivity index (χ3v) is 2.53. The summed E-state index contributed by atoms with van der Waals surface area (Å²) < 4.78 is 10.5. The summed E-state index contributed by atoms with van der Waals surface area (Å²) in [6.07, 6.45) is 0. The number of ether oxygens (including phenoxy) is 2. The maximum absolute atomic E-state index is 12.0. The van der Waals surface area contributed by atoms with Crippen molar-refractivity contribution < 1.29 is 19.1 Å². The molecule has 0 spiro atoms. The highest BCUT2D eigenvalue weighted by atomic mass is 16.5. The maximum Gasteiger partial charge on any atom is 0.325 e. The van der Waals surface area contributed by atoms with Crippen LogP contribution < -0.4 is 5.56 Å². The molecule has 0 saturated heterocycles. The third kappa shape index (κ3) is 4.16. The number of rotatable bonds is 6. The van der Waals surface area contributed by atoms with Crippen molar-refractivity contribution in [3.8, 4) is 0 Å². The summed E-state index contributed by atoms with van der Waals surface area (Å²) in [7, 11) is 4.19. The Morgan fingerprint density at radius 1 is 1.35 bits per heavy atom. The Morgan fingerprint density at radius 2 is 2.05 bits per heavy atom. The topological polar surface area (TPSA) is 90.7 Å². The average Bonchev–Trinajstić information content (AvgIpc) is 2.45. The lowest BCUT2D eigenvalue weighted by Gasteiger charge is -2.15. The molecule has 1 aromatic rings. The summed E-state index contributed by atoms with van der Waals surface area (Å²) in [5.41, 5.74) is -0.249. The molecule has 1 heterocycles. The predicted molar refractivity (Wildman–Crippen MR) is 69.3 cm³/mol. The highest BCUT2D eigenvalue weighted by molar-refractivity contribution is 5.93. The molecule has 0 fully saturated rings. The molecular weight excluding hydrogens is 266 g/mol. The number of carbonyl (C=O) groups excluding carboxylic acids is 2. The fourth-order valence-corrected chi connectivity index (χ4v) is 1.43. The zero-order valence-electron chi connectivity index (χ0n) is 11.7. The van der Waals surface area contributed by atoms with Gasteiger partial charge in [-0.1, -0.05) is 0 Å². The zero-order chi connectivity index (χ0) is 15.1. The van der Waals surface area contributed by atoms with Gasteiger partial charge in [-0.2, -0.15) is 5.10 Å². The van der Waals surface area contributed by atoms with Crippen LogP contribution in [0.15, 0.2) is 16.9 Å². The summed E-state index contributed by atoms with van der Waals surface area (Å²) in [4.78, 5) is 35.9. The summed E-state index contributed by atoms with van der Waals surface area (Å²) in [5.74, 6) is -1.00. The Labute approximate surface area is 115 Å². The van der Waals surface area contributed by atoms with Crippen LogP contribution in [-0.2, 0) is 20.8 Å². The first-order valence-electron chi connectivity index (χ1n) is 5.89. The molecule has 1 aromatic heterocycles. The lowest BCUT2D eigenvalue weighted by Crippen LogP contribution is -2.35. The molecule has 0 saturated carbocycles. The molecule has 0 atom stereocenters. The molecule has 110 valence electrons. The first-order chi connectivity index (χ1) is 9.49. The van der Waals surface area contributed by atoms with Crippen molar-refractivity contribution in [2.75, 3.05) is 34.4 Å². The Morgan fingerprint density at radius 3 is 2.65 bits per heavy atom. The van der Waals surface area contributed by atoms with Gasteiger partial charge in [0.1, 0.15) is 12.2 Å². The van der Waals surface area contributed by atoms with Gasteiger partial charge in [-0.15, -0.1) is 0 Å². The standard InChI is InChI=1S/C12H17N3O5/c1-14(8-11(17)20-3)12(18)9-4-5-10(16)15(13-9)6-7-19-2/h4-5H,6-8H2,1-3H3. The number of likely N-dealkylation sites (N-methyl/N-ethyl adjacent to an activating group) is 1. The smallest absolute Gasteiger partial charge is 0.325 e. The molecular formula is C12H17N3O5. The number of methoxy groups -OCH3 is 2. The average molecular weight is 283 g/mol. The lowest BCUT2D eigenvalue weighted by atomic mass is 10.3. The van der Waals surface area contributed by atoms with Crippen molar-refractivity contribution in [2.24, 2.45) is 0 Å². The minimum Gasteiger partial charge on any atom is -0.468 e. The molecule has 0 N–H and O–H groups in total. The highest BCUT2D eigenvalue weighted by Crippen LogP contribution is 1.98. The van der Waals surface area contributed by atoms with Crippen molar-refractivity contribution in [1.29, 1.82) is 0 Å². The van der Waals surface area contributed by atoms with Gasteiger partial charge in [0, 0.05) is 20.2 Å². The molecule has 1 rings (SSSR count). The van der Waals surface area contributed by atoms with Crippen LogP contribution in [0.1, 0.15) is 10.5 Å². The van der Waals surface area contributed by atoms with Crippen molar-refractivity contribution in [1.82, 2.24) is 14.7 Å². The monoisotopic (exact) mass is 283 g/mol. The van der Waals surface area contributed by atoms with E-state index >= 15 is 0 Å². The van der Waals surface area contributed by atoms with Crippen LogP contribution in [0.2, 0.25) is 0 Å². The molecule has 0 bridgehead atoms. The summed E-state index contributed by atoms with van der Waals surface area (Å²) >= 11 is 0. The molecule has 0 aliphatic rings. The van der Waals surface area contributed by atoms with E-state index in [4.69, 9.17) is 4.74 Å². The molecule has 20 heavy (non-hydrogen) atoms. The van der Waals surface area contributed by atoms with Gasteiger partial charge >= 0.3 is 5.97 Å². The van der Waals surface area contributed by atoms with Crippen molar-refractivity contribution in [3.63, 3.8) is 0 Å². The fourth-order valence-electron chi connectivity index (χ4n) is 1.43. The number of nitrogens with zero attached hydrogens (tertiary/aromatic N) is 3. The van der Waals surface area contributed by atoms with Crippen LogP contribution in [0.25, 0.3) is 0 Å². The van der Waals surface area contributed by atoms with Crippen molar-refractivity contribution >= 4 is 11.9 Å². The second kappa shape index (κ2) is 7.39. The second-order valence-electron chi connectivity index (χ2n) is 4.01. The van der Waals surface area contributed by atoms with Crippen molar-refractivity contribution in [2.45, 2.75) is 6.54 Å². The third-order valence-electron chi connectivity index (χ3n) is 2.53. The highest BCUT2D eigenvalue weighted by Gasteiger charge is 2.17. The van der Waals surface area contributed by atoms with Gasteiger partial charge in [0.05, 0.1) is 20.3 Å². The minimum absolute atomic E-state index is 0.0760. The normalized spacial score (nSPS) is 10.2. The molecule has 0 unspecified atom stereocenters. The zero-order valence-corrected chi connectivity index (χ0v) is 11.7. The first kappa shape index (κ1) is 15.8. The number of hydrogen-bond donors (Lipinski definition) is 0. The molecule has 0 radical (unpaired) electrons. The van der Waals surface area contributed by atoms with Gasteiger partial charge in [0.2, 0.25) is 0 Å². The SMILES string of the molecule is COCCn1nc(C(=O)N(C)CC(=O)OC)ccc1=O. The lowest BCUT2D eigenvalue weighted by molar-refractivity contribution is -0.141. The molecule has 1 amide bonds. The number of carbonyl (C=O) groups is 2. The van der Waals surface area contributed by atoms with Gasteiger partial charge < -0.3 is 14.4 Å². The van der Waals surface area contributed by atoms with Crippen LogP contribution >= 0.6 is 0 Å². The molecule has 0 aliphatic carbocycles. The van der Waals surface area contributed by atoms with E-state index in [1.54, 1.807) is 0 Å². The quantitative estimate of drug-likeness (QED) is 0.631. The van der Waals surface area contributed by atoms with Gasteiger partial charge in [-0.05, 0) is 6.07 Å². The number of hydrogen-bond acceptors (Lipinski definition) is 6. The van der Waals surface area contributed by atoms with E-state index in [-0.39, 0.29) is 24.3 Å². The molecule has 8 nitrogen and oxygen atoms in total. The predicted octanol–water partition coefficient (Wildman–Crippen LogP) is -0.865. The van der Waals surface area contributed by atoms with E-state index in [0.717, 1.165) is 4.68 Å². The largest absolute Gasteiger partial charge is 0.468 e. The van der Waals surface area contributed by atoms with E-state index < -0.39 is 11.9 Å². The number of esters is 1. The second-order valence-corrected chi connectivity index (χ2v) is 4.01. The molecule has 0 aromatic carbocycles. The van der Waals surface area contributed by atoms with E-state index in [9.17, 15) is 14.4 Å². The summed E-state index contributed by atoms with van der Waals surface area (Å²) in [5, 5.41) is 3.94. The number of amides is 1. The Balaban J connectivity index is 2.87. The van der Waals surface area contributed by atoms with E-state index in [1.807, 2.05) is 0 Å². The Bertz CT molecular complexity index is 540. The van der Waals surface area contributed by atoms with Crippen LogP contribution in [-0.4, -0.2) is 61.0 Å². The van der Waals surface area contributed by atoms with Gasteiger partial charge in [0.15, 0.2) is 0 Å².